The first kappa shape index (κ1) is 19.6. The number of sulfonamides is 1. The Labute approximate surface area is 171 Å². The smallest absolute Gasteiger partial charge is 0.249 e. The van der Waals surface area contributed by atoms with Crippen molar-refractivity contribution in [2.45, 2.75) is 17.1 Å². The quantitative estimate of drug-likeness (QED) is 0.681. The topological polar surface area (TPSA) is 106 Å². The fourth-order valence-corrected chi connectivity index (χ4v) is 4.95. The van der Waals surface area contributed by atoms with E-state index in [0.717, 1.165) is 28.7 Å². The van der Waals surface area contributed by atoms with Crippen molar-refractivity contribution in [2.24, 2.45) is 11.1 Å². The number of rotatable bonds is 4. The van der Waals surface area contributed by atoms with E-state index in [1.807, 2.05) is 12.1 Å². The molecule has 1 aliphatic rings. The van der Waals surface area contributed by atoms with E-state index in [1.165, 1.54) is 23.2 Å². The zero-order valence-electron chi connectivity index (χ0n) is 15.4. The molecule has 1 amide bonds. The fraction of sp³-hybridized carbons (Fsp3) is 0.211. The Balaban J connectivity index is 1.54. The van der Waals surface area contributed by atoms with Gasteiger partial charge in [-0.3, -0.25) is 14.7 Å². The molecule has 1 aliphatic carbocycles. The van der Waals surface area contributed by atoms with E-state index in [4.69, 9.17) is 5.14 Å². The minimum atomic E-state index is -3.86. The summed E-state index contributed by atoms with van der Waals surface area (Å²) in [5, 5.41) is 5.38. The van der Waals surface area contributed by atoms with E-state index in [9.17, 15) is 17.6 Å². The number of benzene rings is 1. The fourth-order valence-electron chi connectivity index (χ4n) is 3.44. The van der Waals surface area contributed by atoms with E-state index >= 15 is 0 Å². The van der Waals surface area contributed by atoms with Crippen LogP contribution in [-0.4, -0.2) is 31.3 Å². The minimum absolute atomic E-state index is 0.0936. The third kappa shape index (κ3) is 3.78. The Morgan fingerprint density at radius 2 is 2.00 bits per heavy atom. The number of aromatic nitrogens is 2. The number of anilines is 1. The number of primary sulfonamides is 1. The molecular formula is C19H17FN4O3S2. The molecule has 2 heterocycles. The SMILES string of the molecule is CN(C(=O)[C@@H]1Cc2ccc(-c3ncccc3F)cc2C1)c1ncc(S(N)(=O)=O)s1. The standard InChI is InChI=1S/C19H17FN4O3S2/c1-24(19-23-10-16(28-19)29(21,26)27)18(25)14-7-11-4-5-12(8-13(11)9-14)17-15(20)3-2-6-22-17/h2-6,8,10,14H,7,9H2,1H3,(H2,21,26,27)/t14-/m1/s1. The number of hydrogen-bond donors (Lipinski definition) is 1. The number of nitrogens with two attached hydrogens (primary N) is 1. The van der Waals surface area contributed by atoms with Gasteiger partial charge in [-0.2, -0.15) is 0 Å². The van der Waals surface area contributed by atoms with E-state index in [-0.39, 0.29) is 26.9 Å². The summed E-state index contributed by atoms with van der Waals surface area (Å²) in [5.41, 5.74) is 2.95. The van der Waals surface area contributed by atoms with Crippen LogP contribution in [-0.2, 0) is 27.7 Å². The highest BCUT2D eigenvalue weighted by Crippen LogP contribution is 2.33. The monoisotopic (exact) mass is 432 g/mol. The number of carbonyl (C=O) groups is 1. The number of fused-ring (bicyclic) bond motifs is 1. The predicted octanol–water partition coefficient (Wildman–Crippen LogP) is 2.37. The van der Waals surface area contributed by atoms with Crippen molar-refractivity contribution in [3.05, 3.63) is 59.7 Å². The number of thiazole rings is 1. The second-order valence-corrected chi connectivity index (χ2v) is 9.62. The van der Waals surface area contributed by atoms with Crippen molar-refractivity contribution in [3.63, 3.8) is 0 Å². The maximum absolute atomic E-state index is 14.0. The number of nitrogens with zero attached hydrogens (tertiary/aromatic N) is 3. The zero-order chi connectivity index (χ0) is 20.8. The zero-order valence-corrected chi connectivity index (χ0v) is 17.0. The molecule has 150 valence electrons. The lowest BCUT2D eigenvalue weighted by molar-refractivity contribution is -0.121. The number of hydrogen-bond acceptors (Lipinski definition) is 6. The van der Waals surface area contributed by atoms with Gasteiger partial charge in [0.05, 0.1) is 6.20 Å². The molecular weight excluding hydrogens is 415 g/mol. The summed E-state index contributed by atoms with van der Waals surface area (Å²) in [6.07, 6.45) is 3.75. The lowest BCUT2D eigenvalue weighted by Crippen LogP contribution is -2.33. The summed E-state index contributed by atoms with van der Waals surface area (Å²) in [6, 6.07) is 8.47. The lowest BCUT2D eigenvalue weighted by Gasteiger charge is -2.18. The molecule has 0 bridgehead atoms. The van der Waals surface area contributed by atoms with Crippen LogP contribution in [0.3, 0.4) is 0 Å². The highest BCUT2D eigenvalue weighted by atomic mass is 32.2. The Bertz CT molecular complexity index is 1210. The number of amides is 1. The Morgan fingerprint density at radius 3 is 2.69 bits per heavy atom. The van der Waals surface area contributed by atoms with Gasteiger partial charge in [-0.15, -0.1) is 0 Å². The first-order valence-electron chi connectivity index (χ1n) is 8.73. The summed E-state index contributed by atoms with van der Waals surface area (Å²) in [7, 11) is -2.30. The molecule has 7 nitrogen and oxygen atoms in total. The third-order valence-electron chi connectivity index (χ3n) is 4.89. The summed E-state index contributed by atoms with van der Waals surface area (Å²) in [6.45, 7) is 0. The maximum atomic E-state index is 14.0. The Kier molecular flexibility index (Phi) is 4.93. The number of carbonyl (C=O) groups excluding carboxylic acids is 1. The molecule has 2 aromatic heterocycles. The average Bonchev–Trinajstić information content (AvgIpc) is 3.33. The normalized spacial score (nSPS) is 15.9. The summed E-state index contributed by atoms with van der Waals surface area (Å²) >= 11 is 0.851. The molecule has 4 rings (SSSR count). The van der Waals surface area contributed by atoms with Gasteiger partial charge in [0, 0.05) is 24.7 Å². The summed E-state index contributed by atoms with van der Waals surface area (Å²) in [4.78, 5) is 22.4. The molecule has 0 saturated heterocycles. The van der Waals surface area contributed by atoms with Gasteiger partial charge in [0.15, 0.2) is 9.34 Å². The van der Waals surface area contributed by atoms with Gasteiger partial charge in [-0.1, -0.05) is 23.5 Å². The molecule has 10 heteroatoms. The van der Waals surface area contributed by atoms with Gasteiger partial charge in [0.25, 0.3) is 0 Å². The van der Waals surface area contributed by atoms with E-state index < -0.39 is 15.8 Å². The molecule has 29 heavy (non-hydrogen) atoms. The van der Waals surface area contributed by atoms with Crippen LogP contribution in [0, 0.1) is 11.7 Å². The molecule has 0 spiro atoms. The lowest BCUT2D eigenvalue weighted by atomic mass is 10.0. The molecule has 1 atom stereocenters. The number of halogens is 1. The third-order valence-corrected chi connectivity index (χ3v) is 7.37. The Hall–Kier alpha value is -2.69. The second kappa shape index (κ2) is 7.29. The minimum Gasteiger partial charge on any atom is -0.291 e. The molecule has 0 radical (unpaired) electrons. The van der Waals surface area contributed by atoms with Crippen molar-refractivity contribution in [1.29, 1.82) is 0 Å². The molecule has 0 fully saturated rings. The van der Waals surface area contributed by atoms with Crippen molar-refractivity contribution in [1.82, 2.24) is 9.97 Å². The van der Waals surface area contributed by atoms with Crippen molar-refractivity contribution in [3.8, 4) is 11.3 Å². The number of pyridine rings is 1. The van der Waals surface area contributed by atoms with Crippen LogP contribution in [0.15, 0.2) is 46.9 Å². The average molecular weight is 433 g/mol. The van der Waals surface area contributed by atoms with Crippen molar-refractivity contribution >= 4 is 32.4 Å². The molecule has 3 aromatic rings. The van der Waals surface area contributed by atoms with Gasteiger partial charge in [0.2, 0.25) is 15.9 Å². The van der Waals surface area contributed by atoms with Crippen molar-refractivity contribution in [2.75, 3.05) is 11.9 Å². The van der Waals surface area contributed by atoms with Gasteiger partial charge >= 0.3 is 0 Å². The van der Waals surface area contributed by atoms with E-state index in [0.29, 0.717) is 18.4 Å². The van der Waals surface area contributed by atoms with Gasteiger partial charge in [0.1, 0.15) is 11.5 Å². The predicted molar refractivity (Wildman–Crippen MR) is 107 cm³/mol. The molecule has 2 N–H and O–H groups in total. The van der Waals surface area contributed by atoms with Crippen LogP contribution in [0.25, 0.3) is 11.3 Å². The van der Waals surface area contributed by atoms with Crippen molar-refractivity contribution < 1.29 is 17.6 Å². The van der Waals surface area contributed by atoms with Crippen LogP contribution in [0.4, 0.5) is 9.52 Å². The van der Waals surface area contributed by atoms with E-state index in [2.05, 4.69) is 9.97 Å². The highest BCUT2D eigenvalue weighted by Gasteiger charge is 2.31. The first-order chi connectivity index (χ1) is 13.7. The molecule has 0 saturated carbocycles. The molecule has 1 aromatic carbocycles. The van der Waals surface area contributed by atoms with Gasteiger partial charge < -0.3 is 0 Å². The molecule has 0 aliphatic heterocycles. The van der Waals surface area contributed by atoms with Crippen LogP contribution >= 0.6 is 11.3 Å². The maximum Gasteiger partial charge on any atom is 0.249 e. The van der Waals surface area contributed by atoms with Crippen LogP contribution in [0.2, 0.25) is 0 Å². The molecule has 0 unspecified atom stereocenters. The summed E-state index contributed by atoms with van der Waals surface area (Å²) < 4.78 is 36.8. The van der Waals surface area contributed by atoms with Crippen LogP contribution in [0.1, 0.15) is 11.1 Å². The summed E-state index contributed by atoms with van der Waals surface area (Å²) in [5.74, 6) is -0.866. The largest absolute Gasteiger partial charge is 0.291 e. The first-order valence-corrected chi connectivity index (χ1v) is 11.1. The second-order valence-electron chi connectivity index (χ2n) is 6.83. The van der Waals surface area contributed by atoms with Gasteiger partial charge in [-0.05, 0) is 42.2 Å². The van der Waals surface area contributed by atoms with Gasteiger partial charge in [-0.25, -0.2) is 22.9 Å². The highest BCUT2D eigenvalue weighted by molar-refractivity contribution is 7.91. The Morgan fingerprint density at radius 1 is 1.24 bits per heavy atom. The van der Waals surface area contributed by atoms with E-state index in [1.54, 1.807) is 13.1 Å². The van der Waals surface area contributed by atoms with Crippen LogP contribution in [0.5, 0.6) is 0 Å². The van der Waals surface area contributed by atoms with Crippen LogP contribution < -0.4 is 10.0 Å².